The second-order valence-electron chi connectivity index (χ2n) is 3.07. The molecule has 5 heteroatoms. The number of rotatable bonds is 2. The fraction of sp³-hybridized carbons (Fsp3) is 0.100. The predicted molar refractivity (Wildman–Crippen MR) is 57.2 cm³/mol. The Morgan fingerprint density at radius 2 is 2.00 bits per heavy atom. The molecular weight excluding hydrogens is 214 g/mol. The first-order valence-electron chi connectivity index (χ1n) is 4.29. The summed E-state index contributed by atoms with van der Waals surface area (Å²) < 4.78 is 0. The zero-order chi connectivity index (χ0) is 10.8. The summed E-state index contributed by atoms with van der Waals surface area (Å²) in [5.74, 6) is -0.312. The molecule has 1 unspecified atom stereocenters. The van der Waals surface area contributed by atoms with E-state index in [2.05, 4.69) is 10.0 Å². The maximum absolute atomic E-state index is 11.3. The van der Waals surface area contributed by atoms with Crippen LogP contribution in [0, 0.1) is 0 Å². The standard InChI is InChI=1S/C10H6ClN3O/c11-8-7(6-4-2-1-3-5-6)9(10(8)15)13-14-12/h1-5,9H. The fourth-order valence-corrected chi connectivity index (χ4v) is 1.81. The van der Waals surface area contributed by atoms with Gasteiger partial charge in [0.2, 0.25) is 0 Å². The average molecular weight is 220 g/mol. The first kappa shape index (κ1) is 9.77. The molecule has 15 heavy (non-hydrogen) atoms. The molecule has 0 saturated heterocycles. The monoisotopic (exact) mass is 219 g/mol. The van der Waals surface area contributed by atoms with Crippen molar-refractivity contribution in [2.45, 2.75) is 6.04 Å². The van der Waals surface area contributed by atoms with Gasteiger partial charge in [0, 0.05) is 4.91 Å². The Morgan fingerprint density at radius 1 is 1.33 bits per heavy atom. The normalized spacial score (nSPS) is 19.5. The summed E-state index contributed by atoms with van der Waals surface area (Å²) in [5.41, 5.74) is 9.74. The van der Waals surface area contributed by atoms with E-state index < -0.39 is 6.04 Å². The summed E-state index contributed by atoms with van der Waals surface area (Å²) in [4.78, 5) is 13.9. The molecule has 1 aliphatic rings. The number of halogens is 1. The summed E-state index contributed by atoms with van der Waals surface area (Å²) in [6, 6.07) is 8.42. The number of nitrogens with zero attached hydrogens (tertiary/aromatic N) is 3. The van der Waals surface area contributed by atoms with Gasteiger partial charge < -0.3 is 0 Å². The van der Waals surface area contributed by atoms with Gasteiger partial charge in [0.05, 0.1) is 5.03 Å². The molecule has 1 aromatic carbocycles. The minimum Gasteiger partial charge on any atom is -0.292 e. The number of carbonyl (C=O) groups is 1. The van der Waals surface area contributed by atoms with Crippen LogP contribution in [0.3, 0.4) is 0 Å². The average Bonchev–Trinajstić information content (AvgIpc) is 2.29. The van der Waals surface area contributed by atoms with Crippen LogP contribution in [0.1, 0.15) is 5.56 Å². The number of Topliss-reactive ketones (excluding diaryl/α,β-unsaturated/α-hetero) is 1. The first-order chi connectivity index (χ1) is 7.25. The van der Waals surface area contributed by atoms with Crippen molar-refractivity contribution in [2.75, 3.05) is 0 Å². The van der Waals surface area contributed by atoms with Crippen LogP contribution in [0.25, 0.3) is 16.0 Å². The minimum atomic E-state index is -0.759. The van der Waals surface area contributed by atoms with Crippen molar-refractivity contribution in [1.82, 2.24) is 0 Å². The summed E-state index contributed by atoms with van der Waals surface area (Å²) in [7, 11) is 0. The molecule has 0 amide bonds. The molecule has 0 aliphatic heterocycles. The molecule has 2 rings (SSSR count). The van der Waals surface area contributed by atoms with Gasteiger partial charge in [0.1, 0.15) is 6.04 Å². The highest BCUT2D eigenvalue weighted by Gasteiger charge is 2.38. The van der Waals surface area contributed by atoms with E-state index in [1.54, 1.807) is 0 Å². The molecule has 1 atom stereocenters. The van der Waals surface area contributed by atoms with E-state index in [9.17, 15) is 4.79 Å². The molecule has 74 valence electrons. The zero-order valence-corrected chi connectivity index (χ0v) is 8.35. The van der Waals surface area contributed by atoms with E-state index in [0.29, 0.717) is 5.57 Å². The molecule has 4 nitrogen and oxygen atoms in total. The van der Waals surface area contributed by atoms with E-state index in [0.717, 1.165) is 5.56 Å². The fourth-order valence-electron chi connectivity index (χ4n) is 1.49. The molecule has 1 aliphatic carbocycles. The Morgan fingerprint density at radius 3 is 2.60 bits per heavy atom. The maximum atomic E-state index is 11.3. The number of hydrogen-bond acceptors (Lipinski definition) is 2. The third-order valence-corrected chi connectivity index (χ3v) is 2.62. The van der Waals surface area contributed by atoms with Crippen molar-refractivity contribution in [3.63, 3.8) is 0 Å². The Bertz CT molecular complexity index is 489. The zero-order valence-electron chi connectivity index (χ0n) is 7.59. The van der Waals surface area contributed by atoms with Gasteiger partial charge in [0.25, 0.3) is 0 Å². The molecule has 0 spiro atoms. The molecule has 0 fully saturated rings. The van der Waals surface area contributed by atoms with Crippen LogP contribution in [-0.4, -0.2) is 11.8 Å². The SMILES string of the molecule is [N-]=[N+]=NC1C(=O)C(Cl)=C1c1ccccc1. The first-order valence-corrected chi connectivity index (χ1v) is 4.67. The Kier molecular flexibility index (Phi) is 2.46. The molecular formula is C10H6ClN3O. The van der Waals surface area contributed by atoms with E-state index in [4.69, 9.17) is 17.1 Å². The van der Waals surface area contributed by atoms with Crippen LogP contribution < -0.4 is 0 Å². The van der Waals surface area contributed by atoms with Crippen LogP contribution in [0.5, 0.6) is 0 Å². The van der Waals surface area contributed by atoms with E-state index >= 15 is 0 Å². The Hall–Kier alpha value is -1.77. The quantitative estimate of drug-likeness (QED) is 0.428. The number of azide groups is 1. The highest BCUT2D eigenvalue weighted by molar-refractivity contribution is 6.52. The third kappa shape index (κ3) is 1.50. The summed E-state index contributed by atoms with van der Waals surface area (Å²) in [5, 5.41) is 3.57. The van der Waals surface area contributed by atoms with Crippen molar-refractivity contribution in [1.29, 1.82) is 0 Å². The van der Waals surface area contributed by atoms with E-state index in [1.165, 1.54) is 0 Å². The Balaban J connectivity index is 2.46. The molecule has 0 aromatic heterocycles. The van der Waals surface area contributed by atoms with Crippen molar-refractivity contribution >= 4 is 23.0 Å². The molecule has 1 aromatic rings. The lowest BCUT2D eigenvalue weighted by Crippen LogP contribution is -2.31. The molecule has 0 saturated carbocycles. The number of carbonyl (C=O) groups excluding carboxylic acids is 1. The van der Waals surface area contributed by atoms with E-state index in [1.807, 2.05) is 30.3 Å². The minimum absolute atomic E-state index is 0.165. The number of benzene rings is 1. The van der Waals surface area contributed by atoms with Crippen molar-refractivity contribution in [2.24, 2.45) is 5.11 Å². The maximum Gasteiger partial charge on any atom is 0.187 e. The van der Waals surface area contributed by atoms with Crippen LogP contribution in [0.4, 0.5) is 0 Å². The van der Waals surface area contributed by atoms with Crippen LogP contribution in [0.2, 0.25) is 0 Å². The van der Waals surface area contributed by atoms with Crippen LogP contribution in [-0.2, 0) is 4.79 Å². The van der Waals surface area contributed by atoms with Crippen molar-refractivity contribution in [3.05, 3.63) is 51.4 Å². The smallest absolute Gasteiger partial charge is 0.187 e. The van der Waals surface area contributed by atoms with Gasteiger partial charge in [0.15, 0.2) is 5.78 Å². The van der Waals surface area contributed by atoms with Crippen molar-refractivity contribution in [3.8, 4) is 0 Å². The lowest BCUT2D eigenvalue weighted by Gasteiger charge is -2.24. The second-order valence-corrected chi connectivity index (χ2v) is 3.44. The van der Waals surface area contributed by atoms with Gasteiger partial charge in [-0.15, -0.1) is 0 Å². The molecule has 0 N–H and O–H groups in total. The van der Waals surface area contributed by atoms with E-state index in [-0.39, 0.29) is 10.8 Å². The lowest BCUT2D eigenvalue weighted by atomic mass is 9.85. The largest absolute Gasteiger partial charge is 0.292 e. The van der Waals surface area contributed by atoms with Crippen LogP contribution >= 0.6 is 11.6 Å². The molecule has 0 heterocycles. The Labute approximate surface area is 90.8 Å². The highest BCUT2D eigenvalue weighted by Crippen LogP contribution is 2.38. The van der Waals surface area contributed by atoms with Gasteiger partial charge in [-0.2, -0.15) is 0 Å². The highest BCUT2D eigenvalue weighted by atomic mass is 35.5. The third-order valence-electron chi connectivity index (χ3n) is 2.23. The van der Waals surface area contributed by atoms with Crippen molar-refractivity contribution < 1.29 is 4.79 Å². The molecule has 0 bridgehead atoms. The number of hydrogen-bond donors (Lipinski definition) is 0. The summed E-state index contributed by atoms with van der Waals surface area (Å²) >= 11 is 5.78. The van der Waals surface area contributed by atoms with Gasteiger partial charge in [-0.05, 0) is 16.7 Å². The second kappa shape index (κ2) is 3.77. The van der Waals surface area contributed by atoms with Crippen LogP contribution in [0.15, 0.2) is 40.5 Å². The van der Waals surface area contributed by atoms with Gasteiger partial charge in [-0.25, -0.2) is 0 Å². The van der Waals surface area contributed by atoms with Gasteiger partial charge in [-0.1, -0.05) is 47.0 Å². The van der Waals surface area contributed by atoms with Gasteiger partial charge >= 0.3 is 0 Å². The lowest BCUT2D eigenvalue weighted by molar-refractivity contribution is -0.116. The van der Waals surface area contributed by atoms with Gasteiger partial charge in [-0.3, -0.25) is 4.79 Å². The molecule has 0 radical (unpaired) electrons. The predicted octanol–water partition coefficient (Wildman–Crippen LogP) is 2.90. The topological polar surface area (TPSA) is 65.8 Å². The summed E-state index contributed by atoms with van der Waals surface area (Å²) in [6.07, 6.45) is 0. The number of ketones is 1. The summed E-state index contributed by atoms with van der Waals surface area (Å²) in [6.45, 7) is 0.